The lowest BCUT2D eigenvalue weighted by Crippen LogP contribution is -2.35. The SMILES string of the molecule is C[C@@H](OC(=O)COc1ccc(OCc2ccccc2)cc1)C(=O)N(C)C. The topological polar surface area (TPSA) is 65.1 Å². The third-order valence-corrected chi connectivity index (χ3v) is 3.53. The summed E-state index contributed by atoms with van der Waals surface area (Å²) in [6, 6.07) is 16.8. The van der Waals surface area contributed by atoms with Gasteiger partial charge in [0.05, 0.1) is 0 Å². The van der Waals surface area contributed by atoms with Crippen molar-refractivity contribution in [1.82, 2.24) is 4.90 Å². The van der Waals surface area contributed by atoms with Crippen molar-refractivity contribution < 1.29 is 23.8 Å². The Bertz CT molecular complexity index is 713. The first kappa shape index (κ1) is 19.3. The van der Waals surface area contributed by atoms with E-state index in [1.165, 1.54) is 11.8 Å². The average Bonchev–Trinajstić information content (AvgIpc) is 2.65. The fourth-order valence-corrected chi connectivity index (χ4v) is 2.16. The summed E-state index contributed by atoms with van der Waals surface area (Å²) in [5.41, 5.74) is 1.08. The van der Waals surface area contributed by atoms with E-state index < -0.39 is 12.1 Å². The van der Waals surface area contributed by atoms with Crippen molar-refractivity contribution in [2.24, 2.45) is 0 Å². The second kappa shape index (κ2) is 9.46. The molecule has 0 saturated heterocycles. The predicted molar refractivity (Wildman–Crippen MR) is 97.0 cm³/mol. The number of esters is 1. The summed E-state index contributed by atoms with van der Waals surface area (Å²) < 4.78 is 16.1. The van der Waals surface area contributed by atoms with Gasteiger partial charge < -0.3 is 19.1 Å². The molecule has 2 aromatic rings. The van der Waals surface area contributed by atoms with Crippen LogP contribution in [0.25, 0.3) is 0 Å². The molecule has 6 nitrogen and oxygen atoms in total. The number of ether oxygens (including phenoxy) is 3. The third kappa shape index (κ3) is 6.12. The Morgan fingerprint density at radius 2 is 1.50 bits per heavy atom. The lowest BCUT2D eigenvalue weighted by Gasteiger charge is -2.17. The van der Waals surface area contributed by atoms with E-state index in [2.05, 4.69) is 0 Å². The second-order valence-electron chi connectivity index (χ2n) is 5.90. The molecule has 2 rings (SSSR count). The highest BCUT2D eigenvalue weighted by Gasteiger charge is 2.19. The zero-order valence-corrected chi connectivity index (χ0v) is 15.2. The molecule has 0 saturated carbocycles. The molecule has 0 N–H and O–H groups in total. The molecule has 0 unspecified atom stereocenters. The van der Waals surface area contributed by atoms with Gasteiger partial charge >= 0.3 is 5.97 Å². The Kier molecular flexibility index (Phi) is 7.02. The number of benzene rings is 2. The molecule has 0 aliphatic carbocycles. The molecular weight excluding hydrogens is 334 g/mol. The number of likely N-dealkylation sites (N-methyl/N-ethyl adjacent to an activating group) is 1. The van der Waals surface area contributed by atoms with Crippen LogP contribution in [0.3, 0.4) is 0 Å². The molecule has 2 aromatic carbocycles. The van der Waals surface area contributed by atoms with Crippen LogP contribution in [0.5, 0.6) is 11.5 Å². The number of hydrogen-bond acceptors (Lipinski definition) is 5. The summed E-state index contributed by atoms with van der Waals surface area (Å²) in [4.78, 5) is 24.8. The largest absolute Gasteiger partial charge is 0.489 e. The van der Waals surface area contributed by atoms with Crippen molar-refractivity contribution in [2.45, 2.75) is 19.6 Å². The molecule has 0 heterocycles. The van der Waals surface area contributed by atoms with Crippen molar-refractivity contribution in [3.8, 4) is 11.5 Å². The van der Waals surface area contributed by atoms with Crippen LogP contribution >= 0.6 is 0 Å². The van der Waals surface area contributed by atoms with E-state index >= 15 is 0 Å². The monoisotopic (exact) mass is 357 g/mol. The van der Waals surface area contributed by atoms with E-state index in [4.69, 9.17) is 14.2 Å². The summed E-state index contributed by atoms with van der Waals surface area (Å²) >= 11 is 0. The minimum Gasteiger partial charge on any atom is -0.489 e. The molecule has 138 valence electrons. The molecular formula is C20H23NO5. The van der Waals surface area contributed by atoms with Crippen LogP contribution in [0.4, 0.5) is 0 Å². The van der Waals surface area contributed by atoms with Gasteiger partial charge in [-0.25, -0.2) is 4.79 Å². The van der Waals surface area contributed by atoms with Gasteiger partial charge in [-0.15, -0.1) is 0 Å². The maximum Gasteiger partial charge on any atom is 0.344 e. The molecule has 1 atom stereocenters. The number of rotatable bonds is 8. The quantitative estimate of drug-likeness (QED) is 0.680. The molecule has 0 bridgehead atoms. The lowest BCUT2D eigenvalue weighted by molar-refractivity contribution is -0.159. The van der Waals surface area contributed by atoms with E-state index in [1.807, 2.05) is 30.3 Å². The summed E-state index contributed by atoms with van der Waals surface area (Å²) in [5.74, 6) is 0.338. The predicted octanol–water partition coefficient (Wildman–Crippen LogP) is 2.66. The average molecular weight is 357 g/mol. The third-order valence-electron chi connectivity index (χ3n) is 3.53. The second-order valence-corrected chi connectivity index (χ2v) is 5.90. The molecule has 0 aliphatic rings. The smallest absolute Gasteiger partial charge is 0.344 e. The van der Waals surface area contributed by atoms with E-state index in [1.54, 1.807) is 38.4 Å². The molecule has 0 radical (unpaired) electrons. The van der Waals surface area contributed by atoms with E-state index in [0.717, 1.165) is 5.56 Å². The highest BCUT2D eigenvalue weighted by molar-refractivity contribution is 5.83. The maximum absolute atomic E-state index is 11.7. The zero-order chi connectivity index (χ0) is 18.9. The first-order valence-corrected chi connectivity index (χ1v) is 8.26. The van der Waals surface area contributed by atoms with Gasteiger partial charge in [-0.05, 0) is 36.8 Å². The first-order valence-electron chi connectivity index (χ1n) is 8.26. The molecule has 6 heteroatoms. The number of hydrogen-bond donors (Lipinski definition) is 0. The van der Waals surface area contributed by atoms with Crippen LogP contribution in [0.1, 0.15) is 12.5 Å². The van der Waals surface area contributed by atoms with Crippen molar-refractivity contribution in [3.05, 3.63) is 60.2 Å². The van der Waals surface area contributed by atoms with Crippen molar-refractivity contribution in [2.75, 3.05) is 20.7 Å². The van der Waals surface area contributed by atoms with E-state index in [0.29, 0.717) is 18.1 Å². The van der Waals surface area contributed by atoms with Crippen LogP contribution in [-0.2, 0) is 20.9 Å². The fourth-order valence-electron chi connectivity index (χ4n) is 2.16. The molecule has 0 spiro atoms. The Balaban J connectivity index is 1.76. The maximum atomic E-state index is 11.7. The molecule has 0 aliphatic heterocycles. The first-order chi connectivity index (χ1) is 12.5. The summed E-state index contributed by atoms with van der Waals surface area (Å²) in [7, 11) is 3.20. The summed E-state index contributed by atoms with van der Waals surface area (Å²) in [6.07, 6.45) is -0.838. The van der Waals surface area contributed by atoms with Crippen LogP contribution in [0.15, 0.2) is 54.6 Å². The molecule has 0 fully saturated rings. The number of nitrogens with zero attached hydrogens (tertiary/aromatic N) is 1. The van der Waals surface area contributed by atoms with Crippen LogP contribution in [-0.4, -0.2) is 43.6 Å². The minimum atomic E-state index is -0.838. The molecule has 0 aromatic heterocycles. The van der Waals surface area contributed by atoms with Crippen LogP contribution < -0.4 is 9.47 Å². The van der Waals surface area contributed by atoms with Gasteiger partial charge in [0, 0.05) is 14.1 Å². The highest BCUT2D eigenvalue weighted by Crippen LogP contribution is 2.18. The van der Waals surface area contributed by atoms with Crippen LogP contribution in [0, 0.1) is 0 Å². The lowest BCUT2D eigenvalue weighted by atomic mass is 10.2. The fraction of sp³-hybridized carbons (Fsp3) is 0.300. The van der Waals surface area contributed by atoms with Gasteiger partial charge in [-0.1, -0.05) is 30.3 Å². The standard InChI is InChI=1S/C20H23NO5/c1-15(20(23)21(2)3)26-19(22)14-25-18-11-9-17(10-12-18)24-13-16-7-5-4-6-8-16/h4-12,15H,13-14H2,1-3H3/t15-/m1/s1. The van der Waals surface area contributed by atoms with Gasteiger partial charge in [-0.2, -0.15) is 0 Å². The Morgan fingerprint density at radius 1 is 0.923 bits per heavy atom. The van der Waals surface area contributed by atoms with Crippen molar-refractivity contribution in [3.63, 3.8) is 0 Å². The van der Waals surface area contributed by atoms with Crippen molar-refractivity contribution >= 4 is 11.9 Å². The van der Waals surface area contributed by atoms with Gasteiger partial charge in [0.2, 0.25) is 0 Å². The van der Waals surface area contributed by atoms with Gasteiger partial charge in [0.25, 0.3) is 5.91 Å². The van der Waals surface area contributed by atoms with Crippen molar-refractivity contribution in [1.29, 1.82) is 0 Å². The highest BCUT2D eigenvalue weighted by atomic mass is 16.6. The summed E-state index contributed by atoms with van der Waals surface area (Å²) in [5, 5.41) is 0. The zero-order valence-electron chi connectivity index (χ0n) is 15.2. The van der Waals surface area contributed by atoms with Crippen LogP contribution in [0.2, 0.25) is 0 Å². The van der Waals surface area contributed by atoms with Gasteiger partial charge in [-0.3, -0.25) is 4.79 Å². The molecule has 26 heavy (non-hydrogen) atoms. The van der Waals surface area contributed by atoms with Gasteiger partial charge in [0.1, 0.15) is 18.1 Å². The van der Waals surface area contributed by atoms with Gasteiger partial charge in [0.15, 0.2) is 12.7 Å². The number of carbonyl (C=O) groups is 2. The van der Waals surface area contributed by atoms with E-state index in [9.17, 15) is 9.59 Å². The summed E-state index contributed by atoms with van der Waals surface area (Å²) in [6.45, 7) is 1.74. The normalized spacial score (nSPS) is 11.3. The van der Waals surface area contributed by atoms with E-state index in [-0.39, 0.29) is 12.5 Å². The minimum absolute atomic E-state index is 0.269. The number of carbonyl (C=O) groups excluding carboxylic acids is 2. The molecule has 1 amide bonds. The Hall–Kier alpha value is -3.02. The Labute approximate surface area is 153 Å². The Morgan fingerprint density at radius 3 is 2.08 bits per heavy atom. The number of amides is 1.